The lowest BCUT2D eigenvalue weighted by Gasteiger charge is -2.17. The van der Waals surface area contributed by atoms with E-state index in [-0.39, 0.29) is 42.2 Å². The van der Waals surface area contributed by atoms with Crippen LogP contribution in [0.15, 0.2) is 85.1 Å². The van der Waals surface area contributed by atoms with E-state index in [1.54, 1.807) is 42.6 Å². The van der Waals surface area contributed by atoms with Crippen LogP contribution in [0.2, 0.25) is 0 Å². The SMILES string of the molecule is Cc1cc(C)nc(C2CCN(C(=O)Cc3nc(-c4ccc(F)cc4C)ccc3N)C2)n1.Cc1cc(F)ccc1-c1ccc(N)c(CC(=O)N2CCC(Cc3cccnn3)C2)n1. The summed E-state index contributed by atoms with van der Waals surface area (Å²) in [5.41, 5.74) is 21.7. The molecule has 6 aromatic rings. The Morgan fingerprint density at radius 2 is 1.21 bits per heavy atom. The Bertz CT molecular complexity index is 2530. The number of nitrogens with two attached hydrogens (primary N) is 2. The summed E-state index contributed by atoms with van der Waals surface area (Å²) in [6, 6.07) is 22.1. The number of amides is 2. The summed E-state index contributed by atoms with van der Waals surface area (Å²) in [5.74, 6) is 0.753. The minimum Gasteiger partial charge on any atom is -0.397 e. The van der Waals surface area contributed by atoms with E-state index in [1.807, 2.05) is 55.7 Å². The summed E-state index contributed by atoms with van der Waals surface area (Å²) in [5, 5.41) is 8.06. The average Bonchev–Trinajstić information content (AvgIpc) is 3.91. The molecular weight excluding hydrogens is 775 g/mol. The molecule has 6 heterocycles. The van der Waals surface area contributed by atoms with Crippen LogP contribution in [0.4, 0.5) is 20.2 Å². The maximum absolute atomic E-state index is 13.5. The number of hydrogen-bond donors (Lipinski definition) is 2. The van der Waals surface area contributed by atoms with Crippen LogP contribution in [0.5, 0.6) is 0 Å². The molecule has 14 heteroatoms. The van der Waals surface area contributed by atoms with E-state index in [4.69, 9.17) is 11.5 Å². The fourth-order valence-corrected chi connectivity index (χ4v) is 8.04. The van der Waals surface area contributed by atoms with Gasteiger partial charge in [0.1, 0.15) is 17.5 Å². The highest BCUT2D eigenvalue weighted by atomic mass is 19.1. The number of aryl methyl sites for hydroxylation is 4. The minimum atomic E-state index is -0.288. The van der Waals surface area contributed by atoms with Gasteiger partial charge in [-0.2, -0.15) is 10.2 Å². The molecule has 2 aliphatic heterocycles. The number of nitrogen functional groups attached to an aromatic ring is 2. The number of pyridine rings is 2. The van der Waals surface area contributed by atoms with Gasteiger partial charge in [0, 0.05) is 60.8 Å². The quantitative estimate of drug-likeness (QED) is 0.156. The van der Waals surface area contributed by atoms with E-state index in [9.17, 15) is 18.4 Å². The molecule has 8 rings (SSSR count). The third kappa shape index (κ3) is 10.6. The van der Waals surface area contributed by atoms with Crippen LogP contribution >= 0.6 is 0 Å². The predicted molar refractivity (Wildman–Crippen MR) is 231 cm³/mol. The first-order chi connectivity index (χ1) is 29.3. The first-order valence-electron chi connectivity index (χ1n) is 20.5. The van der Waals surface area contributed by atoms with Crippen LogP contribution in [0.3, 0.4) is 0 Å². The first-order valence-corrected chi connectivity index (χ1v) is 20.5. The monoisotopic (exact) mass is 824 g/mol. The highest BCUT2D eigenvalue weighted by Crippen LogP contribution is 2.29. The van der Waals surface area contributed by atoms with E-state index in [0.29, 0.717) is 59.7 Å². The molecule has 0 spiro atoms. The normalized spacial score (nSPS) is 16.0. The maximum atomic E-state index is 13.5. The van der Waals surface area contributed by atoms with Gasteiger partial charge < -0.3 is 21.3 Å². The molecule has 2 atom stereocenters. The van der Waals surface area contributed by atoms with E-state index in [1.165, 1.54) is 24.3 Å². The number of benzene rings is 2. The van der Waals surface area contributed by atoms with Crippen molar-refractivity contribution in [3.05, 3.63) is 142 Å². The van der Waals surface area contributed by atoms with Gasteiger partial charge in [0.15, 0.2) is 0 Å². The lowest BCUT2D eigenvalue weighted by molar-refractivity contribution is -0.130. The summed E-state index contributed by atoms with van der Waals surface area (Å²) < 4.78 is 26.9. The van der Waals surface area contributed by atoms with E-state index in [0.717, 1.165) is 71.0 Å². The third-order valence-corrected chi connectivity index (χ3v) is 11.3. The topological polar surface area (TPSA) is 170 Å². The number of halogens is 2. The zero-order valence-corrected chi connectivity index (χ0v) is 34.9. The van der Waals surface area contributed by atoms with Crippen LogP contribution in [0.25, 0.3) is 22.5 Å². The summed E-state index contributed by atoms with van der Waals surface area (Å²) in [4.78, 5) is 47.9. The second kappa shape index (κ2) is 18.7. The van der Waals surface area contributed by atoms with Gasteiger partial charge >= 0.3 is 0 Å². The van der Waals surface area contributed by atoms with Crippen molar-refractivity contribution in [3.8, 4) is 22.5 Å². The van der Waals surface area contributed by atoms with Gasteiger partial charge in [0.25, 0.3) is 0 Å². The zero-order chi connectivity index (χ0) is 43.2. The van der Waals surface area contributed by atoms with Crippen molar-refractivity contribution >= 4 is 23.2 Å². The van der Waals surface area contributed by atoms with Crippen molar-refractivity contribution in [2.45, 2.75) is 65.7 Å². The van der Waals surface area contributed by atoms with Gasteiger partial charge in [-0.3, -0.25) is 19.6 Å². The van der Waals surface area contributed by atoms with Gasteiger partial charge in [0.05, 0.1) is 52.7 Å². The average molecular weight is 825 g/mol. The smallest absolute Gasteiger partial charge is 0.228 e. The summed E-state index contributed by atoms with van der Waals surface area (Å²) >= 11 is 0. The second-order valence-electron chi connectivity index (χ2n) is 16.0. The summed E-state index contributed by atoms with van der Waals surface area (Å²) in [7, 11) is 0. The Kier molecular flexibility index (Phi) is 13.0. The van der Waals surface area contributed by atoms with Crippen molar-refractivity contribution in [1.29, 1.82) is 0 Å². The molecule has 0 bridgehead atoms. The Morgan fingerprint density at radius 1 is 0.672 bits per heavy atom. The number of rotatable bonds is 9. The van der Waals surface area contributed by atoms with E-state index < -0.39 is 0 Å². The fraction of sp³-hybridized carbons (Fsp3) is 0.319. The molecule has 4 aromatic heterocycles. The van der Waals surface area contributed by atoms with E-state index >= 15 is 0 Å². The molecule has 2 amide bonds. The van der Waals surface area contributed by atoms with Gasteiger partial charge in [0.2, 0.25) is 11.8 Å². The zero-order valence-electron chi connectivity index (χ0n) is 34.9. The van der Waals surface area contributed by atoms with Gasteiger partial charge in [-0.05, 0) is 143 Å². The number of carbonyl (C=O) groups is 2. The lowest BCUT2D eigenvalue weighted by atomic mass is 10.0. The van der Waals surface area contributed by atoms with Gasteiger partial charge in [-0.25, -0.2) is 18.7 Å². The summed E-state index contributed by atoms with van der Waals surface area (Å²) in [6.07, 6.45) is 4.54. The number of nitrogens with zero attached hydrogens (tertiary/aromatic N) is 8. The molecule has 2 aromatic carbocycles. The maximum Gasteiger partial charge on any atom is 0.228 e. The highest BCUT2D eigenvalue weighted by molar-refractivity contribution is 5.81. The fourth-order valence-electron chi connectivity index (χ4n) is 8.04. The Morgan fingerprint density at radius 3 is 1.74 bits per heavy atom. The number of aromatic nitrogens is 6. The highest BCUT2D eigenvalue weighted by Gasteiger charge is 2.30. The third-order valence-electron chi connectivity index (χ3n) is 11.3. The van der Waals surface area contributed by atoms with Crippen molar-refractivity contribution in [2.24, 2.45) is 5.92 Å². The number of carbonyl (C=O) groups excluding carboxylic acids is 2. The molecule has 12 nitrogen and oxygen atoms in total. The van der Waals surface area contributed by atoms with Crippen LogP contribution < -0.4 is 11.5 Å². The molecule has 61 heavy (non-hydrogen) atoms. The molecule has 2 fully saturated rings. The summed E-state index contributed by atoms with van der Waals surface area (Å²) in [6.45, 7) is 10.3. The number of anilines is 2. The minimum absolute atomic E-state index is 0.0148. The molecule has 2 saturated heterocycles. The van der Waals surface area contributed by atoms with Gasteiger partial charge in [-0.1, -0.05) is 0 Å². The predicted octanol–water partition coefficient (Wildman–Crippen LogP) is 6.95. The second-order valence-corrected chi connectivity index (χ2v) is 16.0. The van der Waals surface area contributed by atoms with Crippen LogP contribution in [0, 0.1) is 45.2 Å². The van der Waals surface area contributed by atoms with Crippen molar-refractivity contribution in [2.75, 3.05) is 37.6 Å². The van der Waals surface area contributed by atoms with Crippen LogP contribution in [-0.2, 0) is 28.9 Å². The van der Waals surface area contributed by atoms with Crippen LogP contribution in [0.1, 0.15) is 64.2 Å². The van der Waals surface area contributed by atoms with Crippen LogP contribution in [-0.4, -0.2) is 77.9 Å². The Hall–Kier alpha value is -6.70. The Labute approximate surface area is 354 Å². The molecule has 0 aliphatic carbocycles. The molecule has 4 N–H and O–H groups in total. The van der Waals surface area contributed by atoms with Crippen molar-refractivity contribution in [1.82, 2.24) is 39.9 Å². The van der Waals surface area contributed by atoms with E-state index in [2.05, 4.69) is 30.1 Å². The molecule has 2 aliphatic rings. The Balaban J connectivity index is 0.000000184. The standard InChI is InChI=1S/C24H26FN5O.C23H24FN5O/c1-14-10-18(25)4-5-19(14)21-7-6-20(26)22(29-21)12-23(31)30-9-8-17(13-30)24-27-15(2)11-16(3)28-24;1-15-11-17(24)4-5-19(15)21-7-6-20(25)22(27-21)13-23(30)29-10-8-16(14-29)12-18-3-2-9-26-28-18/h4-7,10-11,17H,8-9,12-13,26H2,1-3H3;2-7,9,11,16H,8,10,12-14,25H2,1H3. The number of likely N-dealkylation sites (tertiary alicyclic amines) is 2. The van der Waals surface area contributed by atoms with Crippen molar-refractivity contribution < 1.29 is 18.4 Å². The lowest BCUT2D eigenvalue weighted by Crippen LogP contribution is -2.31. The molecule has 2 unspecified atom stereocenters. The van der Waals surface area contributed by atoms with Gasteiger partial charge in [-0.15, -0.1) is 0 Å². The largest absolute Gasteiger partial charge is 0.397 e. The number of hydrogen-bond acceptors (Lipinski definition) is 10. The molecule has 314 valence electrons. The molecule has 0 saturated carbocycles. The first kappa shape index (κ1) is 42.4. The molecular formula is C47H50F2N10O2. The van der Waals surface area contributed by atoms with Crippen molar-refractivity contribution in [3.63, 3.8) is 0 Å². The molecule has 0 radical (unpaired) electrons.